The van der Waals surface area contributed by atoms with Crippen molar-refractivity contribution in [2.45, 2.75) is 32.5 Å². The SMILES string of the molecule is C[Si](C)CCOCn1nccc1-c1ccc(Oc2ccc3nc(CO)ccc3c2)cc1. The third-order valence-electron chi connectivity index (χ3n) is 4.94. The molecule has 0 atom stereocenters. The zero-order chi connectivity index (χ0) is 21.6. The molecule has 1 radical (unpaired) electrons. The van der Waals surface area contributed by atoms with E-state index in [1.54, 1.807) is 6.20 Å². The Balaban J connectivity index is 1.43. The number of aliphatic hydroxyl groups is 1. The van der Waals surface area contributed by atoms with Crippen LogP contribution < -0.4 is 4.74 Å². The molecule has 0 aliphatic heterocycles. The van der Waals surface area contributed by atoms with E-state index in [0.29, 0.717) is 12.4 Å². The van der Waals surface area contributed by atoms with E-state index in [-0.39, 0.29) is 15.4 Å². The lowest BCUT2D eigenvalue weighted by molar-refractivity contribution is 0.0801. The van der Waals surface area contributed by atoms with E-state index in [1.807, 2.05) is 65.3 Å². The smallest absolute Gasteiger partial charge is 0.139 e. The van der Waals surface area contributed by atoms with Crippen LogP contribution in [0.15, 0.2) is 66.9 Å². The van der Waals surface area contributed by atoms with Gasteiger partial charge in [0.2, 0.25) is 0 Å². The van der Waals surface area contributed by atoms with Crippen LogP contribution in [-0.2, 0) is 18.1 Å². The first-order valence-corrected chi connectivity index (χ1v) is 13.0. The second-order valence-corrected chi connectivity index (χ2v) is 10.6. The van der Waals surface area contributed by atoms with Gasteiger partial charge in [-0.2, -0.15) is 5.10 Å². The highest BCUT2D eigenvalue weighted by atomic mass is 28.3. The number of fused-ring (bicyclic) bond motifs is 1. The highest BCUT2D eigenvalue weighted by Gasteiger charge is 2.07. The number of ether oxygens (including phenoxy) is 2. The predicted octanol–water partition coefficient (Wildman–Crippen LogP) is 5.11. The van der Waals surface area contributed by atoms with E-state index in [9.17, 15) is 5.11 Å². The van der Waals surface area contributed by atoms with Gasteiger partial charge in [0, 0.05) is 32.6 Å². The van der Waals surface area contributed by atoms with Crippen molar-refractivity contribution >= 4 is 19.7 Å². The standard InChI is InChI=1S/C24H26N3O3Si/c1-31(2)14-13-29-17-27-24(11-12-25-27)18-4-7-21(8-5-18)30-22-9-10-23-19(15-22)3-6-20(16-28)26-23/h3-12,15,28H,13-14,16-17H2,1-2H3. The zero-order valence-electron chi connectivity index (χ0n) is 17.8. The van der Waals surface area contributed by atoms with E-state index in [0.717, 1.165) is 46.3 Å². The summed E-state index contributed by atoms with van der Waals surface area (Å²) in [6.45, 7) is 5.75. The van der Waals surface area contributed by atoms with E-state index in [2.05, 4.69) is 23.2 Å². The second kappa shape index (κ2) is 9.87. The second-order valence-electron chi connectivity index (χ2n) is 7.65. The monoisotopic (exact) mass is 432 g/mol. The lowest BCUT2D eigenvalue weighted by atomic mass is 10.1. The minimum atomic E-state index is -0.265. The predicted molar refractivity (Wildman–Crippen MR) is 124 cm³/mol. The number of hydrogen-bond donors (Lipinski definition) is 1. The van der Waals surface area contributed by atoms with Crippen molar-refractivity contribution in [2.75, 3.05) is 6.61 Å². The Bertz CT molecular complexity index is 1140. The van der Waals surface area contributed by atoms with E-state index >= 15 is 0 Å². The molecule has 2 heterocycles. The van der Waals surface area contributed by atoms with Crippen LogP contribution in [-0.4, -0.2) is 35.3 Å². The molecule has 4 aromatic rings. The molecular formula is C24H26N3O3Si. The summed E-state index contributed by atoms with van der Waals surface area (Å²) in [5, 5.41) is 14.6. The summed E-state index contributed by atoms with van der Waals surface area (Å²) in [7, 11) is -0.265. The fraction of sp³-hybridized carbons (Fsp3) is 0.250. The minimum absolute atomic E-state index is 0.0648. The lowest BCUT2D eigenvalue weighted by Gasteiger charge is -2.11. The number of nitrogens with zero attached hydrogens (tertiary/aromatic N) is 3. The Labute approximate surface area is 183 Å². The molecule has 1 N–H and O–H groups in total. The summed E-state index contributed by atoms with van der Waals surface area (Å²) in [5.41, 5.74) is 3.56. The van der Waals surface area contributed by atoms with Gasteiger partial charge in [0.25, 0.3) is 0 Å². The first-order chi connectivity index (χ1) is 15.1. The van der Waals surface area contributed by atoms with E-state index in [1.165, 1.54) is 0 Å². The van der Waals surface area contributed by atoms with Gasteiger partial charge >= 0.3 is 0 Å². The van der Waals surface area contributed by atoms with Crippen LogP contribution in [0.2, 0.25) is 19.1 Å². The van der Waals surface area contributed by atoms with Crippen LogP contribution in [0, 0.1) is 0 Å². The third-order valence-corrected chi connectivity index (χ3v) is 6.15. The van der Waals surface area contributed by atoms with Crippen molar-refractivity contribution in [3.8, 4) is 22.8 Å². The maximum Gasteiger partial charge on any atom is 0.139 e. The number of aliphatic hydroxyl groups excluding tert-OH is 1. The fourth-order valence-electron chi connectivity index (χ4n) is 3.24. The summed E-state index contributed by atoms with van der Waals surface area (Å²) in [4.78, 5) is 4.40. The van der Waals surface area contributed by atoms with Crippen LogP contribution >= 0.6 is 0 Å². The van der Waals surface area contributed by atoms with Gasteiger partial charge in [-0.15, -0.1) is 0 Å². The summed E-state index contributed by atoms with van der Waals surface area (Å²) in [5.74, 6) is 1.50. The van der Waals surface area contributed by atoms with E-state index in [4.69, 9.17) is 9.47 Å². The minimum Gasteiger partial charge on any atom is -0.457 e. The van der Waals surface area contributed by atoms with Gasteiger partial charge < -0.3 is 14.6 Å². The Morgan fingerprint density at radius 1 is 0.968 bits per heavy atom. The lowest BCUT2D eigenvalue weighted by Crippen LogP contribution is -2.10. The summed E-state index contributed by atoms with van der Waals surface area (Å²) < 4.78 is 13.7. The molecule has 6 nitrogen and oxygen atoms in total. The van der Waals surface area contributed by atoms with Gasteiger partial charge in [-0.25, -0.2) is 4.68 Å². The number of hydrogen-bond acceptors (Lipinski definition) is 5. The molecule has 2 aromatic heterocycles. The zero-order valence-corrected chi connectivity index (χ0v) is 18.8. The number of rotatable bonds is 9. The van der Waals surface area contributed by atoms with Crippen LogP contribution in [0.1, 0.15) is 5.69 Å². The summed E-state index contributed by atoms with van der Waals surface area (Å²) in [6.07, 6.45) is 1.79. The molecule has 0 aliphatic rings. The van der Waals surface area contributed by atoms with Gasteiger partial charge in [-0.05, 0) is 60.6 Å². The largest absolute Gasteiger partial charge is 0.457 e. The molecule has 0 spiro atoms. The molecule has 0 saturated carbocycles. The number of benzene rings is 2. The normalized spacial score (nSPS) is 11.4. The van der Waals surface area contributed by atoms with Crippen molar-refractivity contribution in [3.05, 3.63) is 72.6 Å². The molecule has 2 aromatic carbocycles. The average Bonchev–Trinajstić information content (AvgIpc) is 3.25. The Kier molecular flexibility index (Phi) is 6.76. The molecule has 0 amide bonds. The maximum atomic E-state index is 9.23. The molecule has 0 saturated heterocycles. The first-order valence-electron chi connectivity index (χ1n) is 10.3. The van der Waals surface area contributed by atoms with Gasteiger partial charge in [0.05, 0.1) is 23.5 Å². The van der Waals surface area contributed by atoms with Crippen molar-refractivity contribution < 1.29 is 14.6 Å². The van der Waals surface area contributed by atoms with Crippen molar-refractivity contribution in [2.24, 2.45) is 0 Å². The molecule has 7 heteroatoms. The quantitative estimate of drug-likeness (QED) is 0.294. The van der Waals surface area contributed by atoms with E-state index < -0.39 is 0 Å². The van der Waals surface area contributed by atoms with Crippen LogP contribution in [0.4, 0.5) is 0 Å². The number of pyridine rings is 1. The molecule has 4 rings (SSSR count). The fourth-order valence-corrected chi connectivity index (χ4v) is 3.79. The maximum absolute atomic E-state index is 9.23. The average molecular weight is 433 g/mol. The van der Waals surface area contributed by atoms with Crippen molar-refractivity contribution in [1.82, 2.24) is 14.8 Å². The van der Waals surface area contributed by atoms with Gasteiger partial charge in [0.15, 0.2) is 0 Å². The molecule has 0 fully saturated rings. The summed E-state index contributed by atoms with van der Waals surface area (Å²) in [6, 6.07) is 20.6. The first kappa shape index (κ1) is 21.2. The molecule has 159 valence electrons. The Hall–Kier alpha value is -3.00. The van der Waals surface area contributed by atoms with Gasteiger partial charge in [-0.1, -0.05) is 19.2 Å². The topological polar surface area (TPSA) is 69.4 Å². The molecular weight excluding hydrogens is 406 g/mol. The number of aromatic nitrogens is 3. The summed E-state index contributed by atoms with van der Waals surface area (Å²) >= 11 is 0. The van der Waals surface area contributed by atoms with Crippen LogP contribution in [0.5, 0.6) is 11.5 Å². The Morgan fingerprint density at radius 2 is 1.77 bits per heavy atom. The molecule has 0 bridgehead atoms. The van der Waals surface area contributed by atoms with Crippen LogP contribution in [0.3, 0.4) is 0 Å². The molecule has 0 unspecified atom stereocenters. The van der Waals surface area contributed by atoms with Gasteiger partial charge in [-0.3, -0.25) is 4.98 Å². The molecule has 0 aliphatic carbocycles. The third kappa shape index (κ3) is 5.38. The van der Waals surface area contributed by atoms with Gasteiger partial charge in [0.1, 0.15) is 18.2 Å². The Morgan fingerprint density at radius 3 is 2.55 bits per heavy atom. The van der Waals surface area contributed by atoms with Crippen molar-refractivity contribution in [3.63, 3.8) is 0 Å². The molecule has 31 heavy (non-hydrogen) atoms. The van der Waals surface area contributed by atoms with Crippen LogP contribution in [0.25, 0.3) is 22.2 Å². The highest BCUT2D eigenvalue weighted by Crippen LogP contribution is 2.28. The van der Waals surface area contributed by atoms with Crippen molar-refractivity contribution in [1.29, 1.82) is 0 Å². The highest BCUT2D eigenvalue weighted by molar-refractivity contribution is 6.55.